The van der Waals surface area contributed by atoms with Crippen LogP contribution in [0, 0.1) is 6.92 Å². The Morgan fingerprint density at radius 3 is 2.62 bits per heavy atom. The average Bonchev–Trinajstić information content (AvgIpc) is 2.53. The van der Waals surface area contributed by atoms with Crippen molar-refractivity contribution in [1.82, 2.24) is 0 Å². The zero-order chi connectivity index (χ0) is 14.9. The van der Waals surface area contributed by atoms with E-state index in [0.717, 1.165) is 13.0 Å². The Kier molecular flexibility index (Phi) is 5.83. The fourth-order valence-electron chi connectivity index (χ4n) is 2.36. The van der Waals surface area contributed by atoms with Crippen LogP contribution in [0.25, 0.3) is 0 Å². The summed E-state index contributed by atoms with van der Waals surface area (Å²) < 4.78 is 0. The first-order valence-corrected chi connectivity index (χ1v) is 7.42. The molecule has 1 aliphatic rings. The van der Waals surface area contributed by atoms with Crippen molar-refractivity contribution in [2.45, 2.75) is 19.4 Å². The fraction of sp³-hybridized carbons (Fsp3) is 0.200. The zero-order valence-electron chi connectivity index (χ0n) is 12.7. The second kappa shape index (κ2) is 8.11. The molecule has 0 amide bonds. The van der Waals surface area contributed by atoms with Crippen molar-refractivity contribution in [3.05, 3.63) is 91.1 Å². The molecule has 0 saturated carbocycles. The number of benzene rings is 1. The smallest absolute Gasteiger partial charge is 0.0514 e. The molecule has 0 fully saturated rings. The molecule has 1 aromatic rings. The van der Waals surface area contributed by atoms with Gasteiger partial charge in [-0.15, -0.1) is 0 Å². The molecule has 1 atom stereocenters. The lowest BCUT2D eigenvalue weighted by atomic mass is 10.1. The number of nitrogens with zero attached hydrogens (tertiary/aromatic N) is 1. The number of allylic oxidation sites excluding steroid dienone is 6. The monoisotopic (exact) mass is 277 g/mol. The number of hydrogen-bond donors (Lipinski definition) is 0. The molecular formula is C20H23N. The molecule has 0 aliphatic heterocycles. The van der Waals surface area contributed by atoms with Crippen molar-refractivity contribution in [3.63, 3.8) is 0 Å². The van der Waals surface area contributed by atoms with Gasteiger partial charge in [-0.2, -0.15) is 0 Å². The van der Waals surface area contributed by atoms with Crippen LogP contribution < -0.4 is 4.90 Å². The summed E-state index contributed by atoms with van der Waals surface area (Å²) in [4.78, 5) is 2.43. The van der Waals surface area contributed by atoms with Gasteiger partial charge in [-0.3, -0.25) is 0 Å². The molecule has 1 heteroatoms. The highest BCUT2D eigenvalue weighted by Gasteiger charge is 2.15. The first-order chi connectivity index (χ1) is 10.3. The summed E-state index contributed by atoms with van der Waals surface area (Å²) in [6.07, 6.45) is 19.8. The standard InChI is InChI=1S/C20H23N/c1-3-4-5-6-10-17-21(19-11-8-7-9-12-19)20-15-13-18(2)14-16-20/h3-11,13-16,19H,1,12,17H2,2H3/b5-4-,10-6-. The molecule has 0 N–H and O–H groups in total. The SMILES string of the molecule is C=C/C=C\C=C/CN(c1ccc(C)cc1)C1C=CC=CC1. The van der Waals surface area contributed by atoms with Crippen LogP contribution in [0.4, 0.5) is 5.69 Å². The van der Waals surface area contributed by atoms with Gasteiger partial charge >= 0.3 is 0 Å². The summed E-state index contributed by atoms with van der Waals surface area (Å²) >= 11 is 0. The Morgan fingerprint density at radius 1 is 1.14 bits per heavy atom. The molecule has 0 aromatic heterocycles. The highest BCUT2D eigenvalue weighted by atomic mass is 15.2. The van der Waals surface area contributed by atoms with Gasteiger partial charge in [-0.1, -0.05) is 79.0 Å². The van der Waals surface area contributed by atoms with Gasteiger partial charge in [0.2, 0.25) is 0 Å². The van der Waals surface area contributed by atoms with Gasteiger partial charge < -0.3 is 4.90 Å². The average molecular weight is 277 g/mol. The minimum absolute atomic E-state index is 0.422. The van der Waals surface area contributed by atoms with Crippen LogP contribution in [0.15, 0.2) is 85.5 Å². The third kappa shape index (κ3) is 4.64. The Labute approximate surface area is 128 Å². The van der Waals surface area contributed by atoms with E-state index in [4.69, 9.17) is 0 Å². The van der Waals surface area contributed by atoms with E-state index in [1.807, 2.05) is 12.2 Å². The molecule has 1 aromatic carbocycles. The van der Waals surface area contributed by atoms with Gasteiger partial charge in [0.15, 0.2) is 0 Å². The van der Waals surface area contributed by atoms with Gasteiger partial charge in [-0.25, -0.2) is 0 Å². The van der Waals surface area contributed by atoms with Crippen molar-refractivity contribution in [1.29, 1.82) is 0 Å². The van der Waals surface area contributed by atoms with Gasteiger partial charge in [0.05, 0.1) is 6.04 Å². The summed E-state index contributed by atoms with van der Waals surface area (Å²) in [6.45, 7) is 6.69. The Morgan fingerprint density at radius 2 is 1.95 bits per heavy atom. The maximum atomic E-state index is 3.67. The van der Waals surface area contributed by atoms with Gasteiger partial charge in [0.25, 0.3) is 0 Å². The topological polar surface area (TPSA) is 3.24 Å². The van der Waals surface area contributed by atoms with Crippen molar-refractivity contribution < 1.29 is 0 Å². The van der Waals surface area contributed by atoms with Crippen LogP contribution in [0.3, 0.4) is 0 Å². The molecule has 108 valence electrons. The Balaban J connectivity index is 2.13. The van der Waals surface area contributed by atoms with E-state index >= 15 is 0 Å². The van der Waals surface area contributed by atoms with Crippen LogP contribution in [0.1, 0.15) is 12.0 Å². The summed E-state index contributed by atoms with van der Waals surface area (Å²) in [6, 6.07) is 9.17. The molecular weight excluding hydrogens is 254 g/mol. The second-order valence-electron chi connectivity index (χ2n) is 5.15. The molecule has 1 nitrogen and oxygen atoms in total. The van der Waals surface area contributed by atoms with Crippen LogP contribution in [-0.4, -0.2) is 12.6 Å². The van der Waals surface area contributed by atoms with Crippen molar-refractivity contribution >= 4 is 5.69 Å². The van der Waals surface area contributed by atoms with Crippen molar-refractivity contribution in [3.8, 4) is 0 Å². The lowest BCUT2D eigenvalue weighted by Gasteiger charge is -2.31. The van der Waals surface area contributed by atoms with Crippen LogP contribution >= 0.6 is 0 Å². The van der Waals surface area contributed by atoms with E-state index < -0.39 is 0 Å². The summed E-state index contributed by atoms with van der Waals surface area (Å²) in [5.41, 5.74) is 2.56. The van der Waals surface area contributed by atoms with E-state index in [9.17, 15) is 0 Å². The number of rotatable bonds is 6. The van der Waals surface area contributed by atoms with Gasteiger partial charge in [0, 0.05) is 12.2 Å². The highest BCUT2D eigenvalue weighted by Crippen LogP contribution is 2.22. The predicted octanol–water partition coefficient (Wildman–Crippen LogP) is 4.98. The van der Waals surface area contributed by atoms with Crippen LogP contribution in [0.2, 0.25) is 0 Å². The Bertz CT molecular complexity index is 558. The molecule has 0 spiro atoms. The normalized spacial score (nSPS) is 17.7. The number of hydrogen-bond acceptors (Lipinski definition) is 1. The first kappa shape index (κ1) is 15.1. The van der Waals surface area contributed by atoms with E-state index in [-0.39, 0.29) is 0 Å². The quantitative estimate of drug-likeness (QED) is 0.662. The van der Waals surface area contributed by atoms with E-state index in [2.05, 4.69) is 79.1 Å². The van der Waals surface area contributed by atoms with E-state index in [1.165, 1.54) is 11.3 Å². The molecule has 0 heterocycles. The van der Waals surface area contributed by atoms with Crippen LogP contribution in [0.5, 0.6) is 0 Å². The molecule has 0 radical (unpaired) electrons. The fourth-order valence-corrected chi connectivity index (χ4v) is 2.36. The lowest BCUT2D eigenvalue weighted by Crippen LogP contribution is -2.34. The Hall–Kier alpha value is -2.28. The lowest BCUT2D eigenvalue weighted by molar-refractivity contribution is 0.724. The zero-order valence-corrected chi connectivity index (χ0v) is 12.7. The number of aryl methyl sites for hydroxylation is 1. The number of anilines is 1. The second-order valence-corrected chi connectivity index (χ2v) is 5.15. The molecule has 0 bridgehead atoms. The largest absolute Gasteiger partial charge is 0.361 e. The van der Waals surface area contributed by atoms with Crippen molar-refractivity contribution in [2.75, 3.05) is 11.4 Å². The molecule has 1 aliphatic carbocycles. The third-order valence-corrected chi connectivity index (χ3v) is 3.52. The molecule has 2 rings (SSSR count). The summed E-state index contributed by atoms with van der Waals surface area (Å²) in [5, 5.41) is 0. The van der Waals surface area contributed by atoms with Gasteiger partial charge in [-0.05, 0) is 25.5 Å². The van der Waals surface area contributed by atoms with Crippen LogP contribution in [-0.2, 0) is 0 Å². The summed E-state index contributed by atoms with van der Waals surface area (Å²) in [7, 11) is 0. The molecule has 21 heavy (non-hydrogen) atoms. The van der Waals surface area contributed by atoms with Crippen molar-refractivity contribution in [2.24, 2.45) is 0 Å². The molecule has 1 unspecified atom stereocenters. The predicted molar refractivity (Wildman–Crippen MR) is 93.7 cm³/mol. The minimum Gasteiger partial charge on any atom is -0.361 e. The van der Waals surface area contributed by atoms with Gasteiger partial charge in [0.1, 0.15) is 0 Å². The molecule has 0 saturated heterocycles. The maximum absolute atomic E-state index is 3.67. The third-order valence-electron chi connectivity index (χ3n) is 3.52. The first-order valence-electron chi connectivity index (χ1n) is 7.42. The minimum atomic E-state index is 0.422. The van der Waals surface area contributed by atoms with E-state index in [0.29, 0.717) is 6.04 Å². The summed E-state index contributed by atoms with van der Waals surface area (Å²) in [5.74, 6) is 0. The highest BCUT2D eigenvalue weighted by molar-refractivity contribution is 5.50. The maximum Gasteiger partial charge on any atom is 0.0514 e. The van der Waals surface area contributed by atoms with E-state index in [1.54, 1.807) is 6.08 Å².